The molecule has 0 fully saturated rings. The molecule has 0 radical (unpaired) electrons. The Morgan fingerprint density at radius 1 is 1.05 bits per heavy atom. The summed E-state index contributed by atoms with van der Waals surface area (Å²) in [6.45, 7) is 7.83. The Kier molecular flexibility index (Phi) is 8.19. The monoisotopic (exact) mass is 562 g/mol. The number of nitriles is 1. The van der Waals surface area contributed by atoms with E-state index < -0.39 is 12.0 Å². The lowest BCUT2D eigenvalue weighted by Gasteiger charge is -2.26. The van der Waals surface area contributed by atoms with Gasteiger partial charge >= 0.3 is 5.97 Å². The highest BCUT2D eigenvalue weighted by molar-refractivity contribution is 6.31. The van der Waals surface area contributed by atoms with E-state index in [9.17, 15) is 15.2 Å². The lowest BCUT2D eigenvalue weighted by Crippen LogP contribution is -2.19. The van der Waals surface area contributed by atoms with Gasteiger partial charge in [-0.15, -0.1) is 0 Å². The molecule has 0 bridgehead atoms. The number of carbonyl (C=O) groups is 1. The quantitative estimate of drug-likeness (QED) is 0.228. The zero-order chi connectivity index (χ0) is 28.4. The Labute approximate surface area is 237 Å². The lowest BCUT2D eigenvalue weighted by molar-refractivity contribution is 0.0688. The number of aromatic nitrogens is 2. The van der Waals surface area contributed by atoms with E-state index in [2.05, 4.69) is 16.5 Å². The molecule has 1 aromatic heterocycles. The van der Waals surface area contributed by atoms with E-state index in [1.54, 1.807) is 35.0 Å². The minimum absolute atomic E-state index is 0.116. The van der Waals surface area contributed by atoms with E-state index in [4.69, 9.17) is 27.9 Å². The number of nitrogens with zero attached hydrogens (tertiary/aromatic N) is 3. The molecule has 0 aliphatic heterocycles. The van der Waals surface area contributed by atoms with Crippen LogP contribution < -0.4 is 10.1 Å². The van der Waals surface area contributed by atoms with Crippen LogP contribution >= 0.6 is 23.2 Å². The number of carboxylic acids is 1. The molecule has 200 valence electrons. The highest BCUT2D eigenvalue weighted by Crippen LogP contribution is 2.40. The molecule has 2 N–H and O–H groups in total. The van der Waals surface area contributed by atoms with Crippen LogP contribution in [0.3, 0.4) is 0 Å². The van der Waals surface area contributed by atoms with Crippen molar-refractivity contribution in [3.05, 3.63) is 104 Å². The first kappa shape index (κ1) is 28.0. The SMILES string of the molecule is COc1ccc(C#N)cc1-n1nc(C(=O)O)c(C(Nc2cc(Cl)ccc2C)c2ccc(Cl)cc2C)c1C(C)C. The highest BCUT2D eigenvalue weighted by atomic mass is 35.5. The predicted molar refractivity (Wildman–Crippen MR) is 154 cm³/mol. The largest absolute Gasteiger partial charge is 0.494 e. The highest BCUT2D eigenvalue weighted by Gasteiger charge is 2.33. The van der Waals surface area contributed by atoms with Crippen LogP contribution in [0.5, 0.6) is 5.75 Å². The summed E-state index contributed by atoms with van der Waals surface area (Å²) in [6.07, 6.45) is 0. The van der Waals surface area contributed by atoms with Crippen molar-refractivity contribution >= 4 is 34.9 Å². The molecule has 3 aromatic carbocycles. The van der Waals surface area contributed by atoms with Gasteiger partial charge in [-0.1, -0.05) is 49.2 Å². The third kappa shape index (κ3) is 5.58. The second-order valence-electron chi connectivity index (χ2n) is 9.56. The van der Waals surface area contributed by atoms with E-state index in [1.807, 2.05) is 52.0 Å². The molecule has 9 heteroatoms. The third-order valence-corrected chi connectivity index (χ3v) is 7.05. The van der Waals surface area contributed by atoms with Crippen molar-refractivity contribution in [1.29, 1.82) is 5.26 Å². The molecule has 39 heavy (non-hydrogen) atoms. The summed E-state index contributed by atoms with van der Waals surface area (Å²) in [4.78, 5) is 12.7. The number of carboxylic acid groups (broad SMARTS) is 1. The number of hydrogen-bond donors (Lipinski definition) is 2. The first-order valence-corrected chi connectivity index (χ1v) is 13.0. The maximum Gasteiger partial charge on any atom is 0.356 e. The molecule has 0 aliphatic carbocycles. The molecule has 1 heterocycles. The molecular weight excluding hydrogens is 535 g/mol. The molecular formula is C30H28Cl2N4O3. The van der Waals surface area contributed by atoms with Gasteiger partial charge in [-0.05, 0) is 78.9 Å². The Balaban J connectivity index is 2.09. The summed E-state index contributed by atoms with van der Waals surface area (Å²) in [6, 6.07) is 17.5. The van der Waals surface area contributed by atoms with Crippen LogP contribution in [0, 0.1) is 25.2 Å². The summed E-state index contributed by atoms with van der Waals surface area (Å²) >= 11 is 12.6. The van der Waals surface area contributed by atoms with Gasteiger partial charge in [-0.3, -0.25) is 0 Å². The Morgan fingerprint density at radius 3 is 2.36 bits per heavy atom. The smallest absolute Gasteiger partial charge is 0.356 e. The molecule has 0 saturated carbocycles. The Bertz CT molecular complexity index is 1600. The number of benzene rings is 3. The lowest BCUT2D eigenvalue weighted by atomic mass is 9.89. The minimum atomic E-state index is -1.18. The molecule has 0 amide bonds. The van der Waals surface area contributed by atoms with E-state index in [1.165, 1.54) is 7.11 Å². The number of rotatable bonds is 8. The van der Waals surface area contributed by atoms with E-state index in [0.29, 0.717) is 38.3 Å². The Morgan fingerprint density at radius 2 is 1.74 bits per heavy atom. The molecule has 0 aliphatic rings. The molecule has 7 nitrogen and oxygen atoms in total. The van der Waals surface area contributed by atoms with Crippen molar-refractivity contribution in [3.63, 3.8) is 0 Å². The summed E-state index contributed by atoms with van der Waals surface area (Å²) < 4.78 is 7.16. The standard InChI is InChI=1S/C30H28Cl2N4O3/c1-16(2)29-26(28(30(37)38)35-36(29)24-13-19(15-33)7-11-25(24)39-5)27(22-10-9-20(31)12-18(22)4)34-23-14-21(32)8-6-17(23)3/h6-14,16,27,34H,1-5H3,(H,37,38). The number of methoxy groups -OCH3 is 1. The van der Waals surface area contributed by atoms with Crippen molar-refractivity contribution < 1.29 is 14.6 Å². The van der Waals surface area contributed by atoms with Crippen LogP contribution in [-0.4, -0.2) is 28.0 Å². The van der Waals surface area contributed by atoms with Gasteiger partial charge in [-0.25, -0.2) is 9.48 Å². The number of halogens is 2. The van der Waals surface area contributed by atoms with Gasteiger partial charge < -0.3 is 15.2 Å². The Hall–Kier alpha value is -3.99. The second-order valence-corrected chi connectivity index (χ2v) is 10.4. The summed E-state index contributed by atoms with van der Waals surface area (Å²) in [5.41, 5.74) is 5.31. The predicted octanol–water partition coefficient (Wildman–Crippen LogP) is 7.70. The topological polar surface area (TPSA) is 100 Å². The van der Waals surface area contributed by atoms with E-state index in [0.717, 1.165) is 22.4 Å². The zero-order valence-corrected chi connectivity index (χ0v) is 23.7. The first-order chi connectivity index (χ1) is 18.5. The average molecular weight is 563 g/mol. The van der Waals surface area contributed by atoms with E-state index in [-0.39, 0.29) is 11.6 Å². The number of nitrogens with one attached hydrogen (secondary N) is 1. The van der Waals surface area contributed by atoms with Gasteiger partial charge in [0.05, 0.1) is 30.5 Å². The van der Waals surface area contributed by atoms with Crippen molar-refractivity contribution in [2.45, 2.75) is 39.7 Å². The average Bonchev–Trinajstić information content (AvgIpc) is 3.30. The fourth-order valence-electron chi connectivity index (χ4n) is 4.72. The maximum absolute atomic E-state index is 12.7. The van der Waals surface area contributed by atoms with Crippen molar-refractivity contribution in [3.8, 4) is 17.5 Å². The van der Waals surface area contributed by atoms with Crippen LogP contribution in [-0.2, 0) is 0 Å². The van der Waals surface area contributed by atoms with Gasteiger partial charge in [-0.2, -0.15) is 10.4 Å². The van der Waals surface area contributed by atoms with Crippen LogP contribution in [0.1, 0.15) is 69.8 Å². The number of aromatic carboxylic acids is 1. The molecule has 1 unspecified atom stereocenters. The molecule has 4 aromatic rings. The van der Waals surface area contributed by atoms with Crippen molar-refractivity contribution in [2.24, 2.45) is 0 Å². The van der Waals surface area contributed by atoms with Gasteiger partial charge in [0, 0.05) is 21.3 Å². The van der Waals surface area contributed by atoms with Gasteiger partial charge in [0.1, 0.15) is 11.4 Å². The van der Waals surface area contributed by atoms with E-state index >= 15 is 0 Å². The molecule has 0 spiro atoms. The second kappa shape index (κ2) is 11.4. The van der Waals surface area contributed by atoms with Gasteiger partial charge in [0.25, 0.3) is 0 Å². The number of aryl methyl sites for hydroxylation is 2. The third-order valence-electron chi connectivity index (χ3n) is 6.58. The maximum atomic E-state index is 12.7. The van der Waals surface area contributed by atoms with Crippen LogP contribution in [0.25, 0.3) is 5.69 Å². The van der Waals surface area contributed by atoms with Crippen molar-refractivity contribution in [1.82, 2.24) is 9.78 Å². The molecule has 4 rings (SSSR count). The summed E-state index contributed by atoms with van der Waals surface area (Å²) in [5.74, 6) is -0.879. The normalized spacial score (nSPS) is 11.8. The summed E-state index contributed by atoms with van der Waals surface area (Å²) in [7, 11) is 1.52. The summed E-state index contributed by atoms with van der Waals surface area (Å²) in [5, 5.41) is 29.2. The fourth-order valence-corrected chi connectivity index (χ4v) is 5.12. The number of anilines is 1. The first-order valence-electron chi connectivity index (χ1n) is 12.3. The number of hydrogen-bond acceptors (Lipinski definition) is 5. The zero-order valence-electron chi connectivity index (χ0n) is 22.2. The molecule has 1 atom stereocenters. The molecule has 0 saturated heterocycles. The van der Waals surface area contributed by atoms with Crippen LogP contribution in [0.4, 0.5) is 5.69 Å². The fraction of sp³-hybridized carbons (Fsp3) is 0.233. The minimum Gasteiger partial charge on any atom is -0.494 e. The van der Waals surface area contributed by atoms with Gasteiger partial charge in [0.2, 0.25) is 0 Å². The number of ether oxygens (including phenoxy) is 1. The van der Waals surface area contributed by atoms with Crippen molar-refractivity contribution in [2.75, 3.05) is 12.4 Å². The van der Waals surface area contributed by atoms with Crippen LogP contribution in [0.15, 0.2) is 54.6 Å². The van der Waals surface area contributed by atoms with Gasteiger partial charge in [0.15, 0.2) is 5.69 Å². The van der Waals surface area contributed by atoms with Crippen LogP contribution in [0.2, 0.25) is 10.0 Å².